The van der Waals surface area contributed by atoms with Crippen molar-refractivity contribution in [1.82, 2.24) is 15.3 Å². The molecular weight excluding hydrogens is 359 g/mol. The van der Waals surface area contributed by atoms with Crippen LogP contribution in [0.4, 0.5) is 10.2 Å². The molecule has 0 radical (unpaired) electrons. The molecule has 1 atom stereocenters. The van der Waals surface area contributed by atoms with E-state index in [1.807, 2.05) is 0 Å². The summed E-state index contributed by atoms with van der Waals surface area (Å²) in [4.78, 5) is 22.2. The minimum Gasteiger partial charge on any atom is -0.354 e. The van der Waals surface area contributed by atoms with Gasteiger partial charge in [-0.05, 0) is 24.1 Å². The van der Waals surface area contributed by atoms with E-state index in [4.69, 9.17) is 0 Å². The van der Waals surface area contributed by atoms with E-state index in [0.717, 1.165) is 5.56 Å². The minimum absolute atomic E-state index is 0.102. The number of hydrogen-bond donors (Lipinski definition) is 1. The summed E-state index contributed by atoms with van der Waals surface area (Å²) >= 11 is 0. The number of sulfone groups is 1. The van der Waals surface area contributed by atoms with Gasteiger partial charge in [-0.2, -0.15) is 0 Å². The highest BCUT2D eigenvalue weighted by Crippen LogP contribution is 2.20. The van der Waals surface area contributed by atoms with Crippen molar-refractivity contribution in [3.8, 4) is 0 Å². The molecule has 26 heavy (non-hydrogen) atoms. The van der Waals surface area contributed by atoms with Crippen LogP contribution in [0, 0.1) is 5.82 Å². The molecule has 2 aromatic rings. The van der Waals surface area contributed by atoms with Crippen molar-refractivity contribution in [2.45, 2.75) is 19.0 Å². The van der Waals surface area contributed by atoms with Crippen LogP contribution in [0.2, 0.25) is 0 Å². The summed E-state index contributed by atoms with van der Waals surface area (Å²) in [7, 11) is -1.22. The topological polar surface area (TPSA) is 92.3 Å². The maximum atomic E-state index is 12.9. The highest BCUT2D eigenvalue weighted by Gasteiger charge is 2.31. The molecule has 0 bridgehead atoms. The first-order valence-corrected chi connectivity index (χ1v) is 9.94. The van der Waals surface area contributed by atoms with E-state index in [9.17, 15) is 17.6 Å². The summed E-state index contributed by atoms with van der Waals surface area (Å²) in [6.45, 7) is 0.252. The Bertz CT molecular complexity index is 885. The van der Waals surface area contributed by atoms with Crippen LogP contribution in [0.1, 0.15) is 22.5 Å². The van der Waals surface area contributed by atoms with Gasteiger partial charge < -0.3 is 10.2 Å². The molecular formula is C17H19FN4O3S. The van der Waals surface area contributed by atoms with Gasteiger partial charge in [0.1, 0.15) is 17.3 Å². The number of nitrogens with one attached hydrogen (secondary N) is 1. The van der Waals surface area contributed by atoms with Gasteiger partial charge in [0.25, 0.3) is 5.91 Å². The van der Waals surface area contributed by atoms with Gasteiger partial charge in [0, 0.05) is 19.6 Å². The lowest BCUT2D eigenvalue weighted by Gasteiger charge is -2.23. The third kappa shape index (κ3) is 4.34. The Labute approximate surface area is 151 Å². The van der Waals surface area contributed by atoms with Gasteiger partial charge in [0.05, 0.1) is 23.9 Å². The minimum atomic E-state index is -2.98. The Morgan fingerprint density at radius 1 is 1.27 bits per heavy atom. The molecule has 1 aliphatic rings. The quantitative estimate of drug-likeness (QED) is 0.840. The van der Waals surface area contributed by atoms with E-state index in [2.05, 4.69) is 15.3 Å². The summed E-state index contributed by atoms with van der Waals surface area (Å²) in [5.41, 5.74) is 0.926. The normalized spacial score (nSPS) is 18.5. The number of aromatic nitrogens is 2. The van der Waals surface area contributed by atoms with Crippen LogP contribution < -0.4 is 10.2 Å². The molecule has 1 unspecified atom stereocenters. The van der Waals surface area contributed by atoms with E-state index in [1.165, 1.54) is 24.5 Å². The maximum Gasteiger partial charge on any atom is 0.271 e. The van der Waals surface area contributed by atoms with E-state index in [1.54, 1.807) is 24.1 Å². The van der Waals surface area contributed by atoms with Crippen LogP contribution >= 0.6 is 0 Å². The van der Waals surface area contributed by atoms with Crippen molar-refractivity contribution in [2.75, 3.05) is 23.5 Å². The first kappa shape index (κ1) is 18.2. The molecule has 9 heteroatoms. The zero-order valence-electron chi connectivity index (χ0n) is 14.2. The Morgan fingerprint density at radius 3 is 2.58 bits per heavy atom. The van der Waals surface area contributed by atoms with Crippen molar-refractivity contribution in [3.63, 3.8) is 0 Å². The van der Waals surface area contributed by atoms with Crippen molar-refractivity contribution < 1.29 is 17.6 Å². The molecule has 0 aliphatic carbocycles. The van der Waals surface area contributed by atoms with Crippen LogP contribution in [-0.2, 0) is 16.4 Å². The van der Waals surface area contributed by atoms with Gasteiger partial charge >= 0.3 is 0 Å². The molecule has 138 valence electrons. The lowest BCUT2D eigenvalue weighted by molar-refractivity contribution is 0.0945. The van der Waals surface area contributed by atoms with Crippen LogP contribution in [0.5, 0.6) is 0 Å². The van der Waals surface area contributed by atoms with E-state index >= 15 is 0 Å². The number of rotatable bonds is 5. The van der Waals surface area contributed by atoms with Crippen LogP contribution in [0.25, 0.3) is 0 Å². The van der Waals surface area contributed by atoms with Crippen LogP contribution in [0.15, 0.2) is 36.7 Å². The van der Waals surface area contributed by atoms with Crippen molar-refractivity contribution in [3.05, 3.63) is 53.7 Å². The molecule has 1 fully saturated rings. The Hall–Kier alpha value is -2.55. The van der Waals surface area contributed by atoms with Gasteiger partial charge in [0.15, 0.2) is 9.84 Å². The number of amides is 1. The number of halogens is 1. The number of carbonyl (C=O) groups excluding carboxylic acids is 1. The van der Waals surface area contributed by atoms with Gasteiger partial charge in [0.2, 0.25) is 0 Å². The van der Waals surface area contributed by atoms with E-state index in [0.29, 0.717) is 12.2 Å². The molecule has 0 spiro atoms. The average Bonchev–Trinajstić information content (AvgIpc) is 3.00. The maximum absolute atomic E-state index is 12.9. The third-order valence-corrected chi connectivity index (χ3v) is 6.11. The monoisotopic (exact) mass is 378 g/mol. The molecule has 7 nitrogen and oxygen atoms in total. The highest BCUT2D eigenvalue weighted by molar-refractivity contribution is 7.91. The highest BCUT2D eigenvalue weighted by atomic mass is 32.2. The lowest BCUT2D eigenvalue weighted by Crippen LogP contribution is -2.33. The predicted octanol–water partition coefficient (Wildman–Crippen LogP) is 1.17. The first-order chi connectivity index (χ1) is 12.3. The number of hydrogen-bond acceptors (Lipinski definition) is 6. The van der Waals surface area contributed by atoms with Gasteiger partial charge in [-0.3, -0.25) is 4.79 Å². The molecule has 1 amide bonds. The van der Waals surface area contributed by atoms with Crippen molar-refractivity contribution >= 4 is 21.6 Å². The molecule has 1 aromatic carbocycles. The SMILES string of the molecule is CN(c1cnc(C(=O)NCc2ccc(F)cc2)cn1)C1CCS(=O)(=O)C1. The first-order valence-electron chi connectivity index (χ1n) is 8.12. The predicted molar refractivity (Wildman–Crippen MR) is 95.1 cm³/mol. The molecule has 2 heterocycles. The smallest absolute Gasteiger partial charge is 0.271 e. The summed E-state index contributed by atoms with van der Waals surface area (Å²) < 4.78 is 36.0. The Kier molecular flexibility index (Phi) is 5.17. The fourth-order valence-corrected chi connectivity index (χ4v) is 4.54. The second-order valence-electron chi connectivity index (χ2n) is 6.24. The number of anilines is 1. The van der Waals surface area contributed by atoms with Gasteiger partial charge in [-0.15, -0.1) is 0 Å². The zero-order valence-corrected chi connectivity index (χ0v) is 15.0. The van der Waals surface area contributed by atoms with E-state index < -0.39 is 9.84 Å². The Balaban J connectivity index is 1.59. The fourth-order valence-electron chi connectivity index (χ4n) is 2.76. The largest absolute Gasteiger partial charge is 0.354 e. The number of benzene rings is 1. The molecule has 0 saturated carbocycles. The van der Waals surface area contributed by atoms with Crippen molar-refractivity contribution in [2.24, 2.45) is 0 Å². The summed E-state index contributed by atoms with van der Waals surface area (Å²) in [6, 6.07) is 5.71. The average molecular weight is 378 g/mol. The van der Waals surface area contributed by atoms with Crippen LogP contribution in [0.3, 0.4) is 0 Å². The lowest BCUT2D eigenvalue weighted by atomic mass is 10.2. The molecule has 1 N–H and O–H groups in total. The second kappa shape index (κ2) is 7.36. The zero-order chi connectivity index (χ0) is 18.7. The standard InChI is InChI=1S/C17H19FN4O3S/c1-22(14-6-7-26(24,25)11-14)16-10-19-15(9-20-16)17(23)21-8-12-2-4-13(18)5-3-12/h2-5,9-10,14H,6-8,11H2,1H3,(H,21,23). The molecule has 1 aromatic heterocycles. The van der Waals surface area contributed by atoms with E-state index in [-0.39, 0.29) is 41.5 Å². The number of carbonyl (C=O) groups is 1. The van der Waals surface area contributed by atoms with Gasteiger partial charge in [-0.1, -0.05) is 12.1 Å². The molecule has 1 saturated heterocycles. The molecule has 1 aliphatic heterocycles. The summed E-state index contributed by atoms with van der Waals surface area (Å²) in [5.74, 6) is 0.0760. The number of nitrogens with zero attached hydrogens (tertiary/aromatic N) is 3. The summed E-state index contributed by atoms with van der Waals surface area (Å²) in [5, 5.41) is 2.69. The van der Waals surface area contributed by atoms with Crippen LogP contribution in [-0.4, -0.2) is 48.9 Å². The van der Waals surface area contributed by atoms with Gasteiger partial charge in [-0.25, -0.2) is 22.8 Å². The third-order valence-electron chi connectivity index (χ3n) is 4.35. The summed E-state index contributed by atoms with van der Waals surface area (Å²) in [6.07, 6.45) is 3.37. The van der Waals surface area contributed by atoms with Crippen molar-refractivity contribution in [1.29, 1.82) is 0 Å². The Morgan fingerprint density at radius 2 is 2.00 bits per heavy atom. The fraction of sp³-hybridized carbons (Fsp3) is 0.353. The second-order valence-corrected chi connectivity index (χ2v) is 8.47. The molecule has 3 rings (SSSR count).